The van der Waals surface area contributed by atoms with E-state index >= 15 is 0 Å². The van der Waals surface area contributed by atoms with Gasteiger partial charge in [0, 0.05) is 17.9 Å². The summed E-state index contributed by atoms with van der Waals surface area (Å²) in [6, 6.07) is 10.1. The number of hydrogen-bond acceptors (Lipinski definition) is 7. The van der Waals surface area contributed by atoms with Gasteiger partial charge in [0.25, 0.3) is 0 Å². The second kappa shape index (κ2) is 8.80. The van der Waals surface area contributed by atoms with Crippen LogP contribution in [0.15, 0.2) is 46.2 Å². The van der Waals surface area contributed by atoms with Gasteiger partial charge in [-0.25, -0.2) is 8.42 Å². The topological polar surface area (TPSA) is 111 Å². The minimum Gasteiger partial charge on any atom is -0.454 e. The second-order valence-electron chi connectivity index (χ2n) is 7.20. The summed E-state index contributed by atoms with van der Waals surface area (Å²) in [6.45, 7) is 2.36. The van der Waals surface area contributed by atoms with Crippen LogP contribution in [0.4, 0.5) is 5.69 Å². The number of benzene rings is 2. The molecule has 2 aliphatic rings. The first kappa shape index (κ1) is 21.5. The monoisotopic (exact) mass is 462 g/mol. The van der Waals surface area contributed by atoms with Gasteiger partial charge in [0.15, 0.2) is 21.3 Å². The number of hydrogen-bond donors (Lipinski definition) is 2. The summed E-state index contributed by atoms with van der Waals surface area (Å²) in [5.74, 6) is 0.465. The third kappa shape index (κ3) is 4.80. The third-order valence-electron chi connectivity index (χ3n) is 5.02. The van der Waals surface area contributed by atoms with Crippen LogP contribution in [0, 0.1) is 0 Å². The second-order valence-corrected chi connectivity index (χ2v) is 10.5. The van der Waals surface area contributed by atoms with Gasteiger partial charge in [-0.3, -0.25) is 9.59 Å². The Morgan fingerprint density at radius 1 is 1.19 bits per heavy atom. The van der Waals surface area contributed by atoms with Crippen LogP contribution in [-0.4, -0.2) is 38.0 Å². The zero-order chi connectivity index (χ0) is 22.0. The molecule has 2 aromatic carbocycles. The molecule has 0 saturated heterocycles. The fourth-order valence-electron chi connectivity index (χ4n) is 3.28. The van der Waals surface area contributed by atoms with Crippen molar-refractivity contribution in [3.8, 4) is 11.5 Å². The summed E-state index contributed by atoms with van der Waals surface area (Å²) in [4.78, 5) is 25.2. The van der Waals surface area contributed by atoms with E-state index in [9.17, 15) is 18.0 Å². The molecule has 2 heterocycles. The van der Waals surface area contributed by atoms with Crippen molar-refractivity contribution in [2.24, 2.45) is 0 Å². The Balaban J connectivity index is 1.34. The van der Waals surface area contributed by atoms with Crippen molar-refractivity contribution in [2.75, 3.05) is 17.9 Å². The lowest BCUT2D eigenvalue weighted by molar-refractivity contribution is -0.121. The summed E-state index contributed by atoms with van der Waals surface area (Å²) < 4.78 is 35.9. The van der Waals surface area contributed by atoms with Crippen LogP contribution in [0.5, 0.6) is 11.5 Å². The maximum atomic E-state index is 12.7. The Kier molecular flexibility index (Phi) is 6.10. The number of anilines is 1. The van der Waals surface area contributed by atoms with Gasteiger partial charge in [-0.15, -0.1) is 11.8 Å². The van der Waals surface area contributed by atoms with E-state index in [1.807, 2.05) is 13.0 Å². The zero-order valence-electron chi connectivity index (χ0n) is 16.8. The number of ether oxygens (including phenoxy) is 2. The standard InChI is InChI=1S/C21H22N2O6S2/c1-2-18-21(25)23-15-10-14(4-6-19(15)30-18)31(26,27)8-7-20(24)22-11-13-3-5-16-17(9-13)29-12-28-16/h3-6,9-10,18H,2,7-8,11-12H2,1H3,(H,22,24)(H,23,25). The van der Waals surface area contributed by atoms with Crippen molar-refractivity contribution in [2.45, 2.75) is 41.4 Å². The molecule has 1 unspecified atom stereocenters. The Labute approximate surface area is 184 Å². The van der Waals surface area contributed by atoms with E-state index in [4.69, 9.17) is 9.47 Å². The normalized spacial score (nSPS) is 17.1. The lowest BCUT2D eigenvalue weighted by Crippen LogP contribution is -2.28. The number of amides is 2. The van der Waals surface area contributed by atoms with Gasteiger partial charge < -0.3 is 20.1 Å². The van der Waals surface area contributed by atoms with Gasteiger partial charge in [0.05, 0.1) is 21.6 Å². The molecule has 2 aliphatic heterocycles. The molecule has 4 rings (SSSR count). The molecule has 10 heteroatoms. The molecule has 0 spiro atoms. The van der Waals surface area contributed by atoms with Crippen LogP contribution in [0.1, 0.15) is 25.3 Å². The van der Waals surface area contributed by atoms with E-state index in [-0.39, 0.29) is 47.5 Å². The first-order chi connectivity index (χ1) is 14.9. The highest BCUT2D eigenvalue weighted by atomic mass is 32.2. The minimum absolute atomic E-state index is 0.0886. The fourth-order valence-corrected chi connectivity index (χ4v) is 5.56. The quantitative estimate of drug-likeness (QED) is 0.651. The molecular weight excluding hydrogens is 440 g/mol. The highest BCUT2D eigenvalue weighted by molar-refractivity contribution is 8.01. The fraction of sp³-hybridized carbons (Fsp3) is 0.333. The number of sulfone groups is 1. The Morgan fingerprint density at radius 2 is 2.00 bits per heavy atom. The molecule has 0 bridgehead atoms. The number of carbonyl (C=O) groups excluding carboxylic acids is 2. The van der Waals surface area contributed by atoms with Gasteiger partial charge in [-0.05, 0) is 42.3 Å². The van der Waals surface area contributed by atoms with Crippen LogP contribution in [0.2, 0.25) is 0 Å². The number of carbonyl (C=O) groups is 2. The average molecular weight is 463 g/mol. The van der Waals surface area contributed by atoms with Gasteiger partial charge >= 0.3 is 0 Å². The predicted octanol–water partition coefficient (Wildman–Crippen LogP) is 2.72. The summed E-state index contributed by atoms with van der Waals surface area (Å²) in [5.41, 5.74) is 1.32. The van der Waals surface area contributed by atoms with Gasteiger partial charge in [-0.2, -0.15) is 0 Å². The zero-order valence-corrected chi connectivity index (χ0v) is 18.5. The minimum atomic E-state index is -3.67. The Bertz CT molecular complexity index is 1130. The van der Waals surface area contributed by atoms with Crippen molar-refractivity contribution in [1.29, 1.82) is 0 Å². The summed E-state index contributed by atoms with van der Waals surface area (Å²) in [5, 5.41) is 5.32. The van der Waals surface area contributed by atoms with Gasteiger partial charge in [0.1, 0.15) is 0 Å². The molecule has 8 nitrogen and oxygen atoms in total. The average Bonchev–Trinajstić information content (AvgIpc) is 3.23. The molecule has 0 aliphatic carbocycles. The third-order valence-corrected chi connectivity index (χ3v) is 8.18. The first-order valence-electron chi connectivity index (χ1n) is 9.85. The van der Waals surface area contributed by atoms with E-state index < -0.39 is 9.84 Å². The molecule has 164 valence electrons. The van der Waals surface area contributed by atoms with Crippen LogP contribution in [0.25, 0.3) is 0 Å². The molecule has 0 radical (unpaired) electrons. The lowest BCUT2D eigenvalue weighted by atomic mass is 10.2. The number of nitrogens with one attached hydrogen (secondary N) is 2. The molecule has 0 fully saturated rings. The lowest BCUT2D eigenvalue weighted by Gasteiger charge is -2.23. The van der Waals surface area contributed by atoms with Crippen molar-refractivity contribution in [3.05, 3.63) is 42.0 Å². The molecule has 2 aromatic rings. The largest absolute Gasteiger partial charge is 0.454 e. The maximum Gasteiger partial charge on any atom is 0.237 e. The van der Waals surface area contributed by atoms with E-state index in [1.54, 1.807) is 18.2 Å². The smallest absolute Gasteiger partial charge is 0.237 e. The van der Waals surface area contributed by atoms with Crippen molar-refractivity contribution < 1.29 is 27.5 Å². The molecule has 0 aromatic heterocycles. The predicted molar refractivity (Wildman–Crippen MR) is 116 cm³/mol. The summed E-state index contributed by atoms with van der Waals surface area (Å²) in [7, 11) is -3.67. The molecule has 1 atom stereocenters. The van der Waals surface area contributed by atoms with E-state index in [0.29, 0.717) is 23.6 Å². The van der Waals surface area contributed by atoms with Crippen molar-refractivity contribution in [1.82, 2.24) is 5.32 Å². The van der Waals surface area contributed by atoms with E-state index in [1.165, 1.54) is 23.9 Å². The summed E-state index contributed by atoms with van der Waals surface area (Å²) >= 11 is 1.43. The number of thioether (sulfide) groups is 1. The van der Waals surface area contributed by atoms with Crippen LogP contribution in [-0.2, 0) is 26.0 Å². The number of fused-ring (bicyclic) bond motifs is 2. The SMILES string of the molecule is CCC1Sc2ccc(S(=O)(=O)CCC(=O)NCc3ccc4c(c3)OCO4)cc2NC1=O. The van der Waals surface area contributed by atoms with E-state index in [2.05, 4.69) is 10.6 Å². The molecular formula is C21H22N2O6S2. The highest BCUT2D eigenvalue weighted by Crippen LogP contribution is 2.38. The molecule has 2 amide bonds. The van der Waals surface area contributed by atoms with Crippen LogP contribution in [0.3, 0.4) is 0 Å². The Hall–Kier alpha value is -2.72. The summed E-state index contributed by atoms with van der Waals surface area (Å²) in [6.07, 6.45) is 0.528. The highest BCUT2D eigenvalue weighted by Gasteiger charge is 2.27. The van der Waals surface area contributed by atoms with Crippen molar-refractivity contribution >= 4 is 39.1 Å². The molecule has 2 N–H and O–H groups in total. The maximum absolute atomic E-state index is 12.7. The number of rotatable bonds is 7. The van der Waals surface area contributed by atoms with Crippen LogP contribution < -0.4 is 20.1 Å². The van der Waals surface area contributed by atoms with Crippen molar-refractivity contribution in [3.63, 3.8) is 0 Å². The van der Waals surface area contributed by atoms with Gasteiger partial charge in [0.2, 0.25) is 18.6 Å². The molecule has 0 saturated carbocycles. The molecule has 31 heavy (non-hydrogen) atoms. The Morgan fingerprint density at radius 3 is 2.81 bits per heavy atom. The van der Waals surface area contributed by atoms with Crippen LogP contribution >= 0.6 is 11.8 Å². The first-order valence-corrected chi connectivity index (χ1v) is 12.4. The van der Waals surface area contributed by atoms with E-state index in [0.717, 1.165) is 10.5 Å². The van der Waals surface area contributed by atoms with Gasteiger partial charge in [-0.1, -0.05) is 13.0 Å².